The van der Waals surface area contributed by atoms with Crippen LogP contribution in [0.4, 0.5) is 4.39 Å². The molecule has 0 aliphatic carbocycles. The Morgan fingerprint density at radius 1 is 0.884 bits per heavy atom. The van der Waals surface area contributed by atoms with E-state index < -0.39 is 14.3 Å². The molecule has 0 aliphatic heterocycles. The van der Waals surface area contributed by atoms with Gasteiger partial charge in [-0.05, 0) is 39.0 Å². The van der Waals surface area contributed by atoms with E-state index >= 15 is 0 Å². The Morgan fingerprint density at radius 3 is 1.86 bits per heavy atom. The van der Waals surface area contributed by atoms with Crippen molar-refractivity contribution in [3.8, 4) is 11.1 Å². The van der Waals surface area contributed by atoms with Gasteiger partial charge in [0.05, 0.1) is 30.7 Å². The maximum Gasteiger partial charge on any atom is 0.340 e. The van der Waals surface area contributed by atoms with Gasteiger partial charge in [-0.25, -0.2) is 9.18 Å². The number of halogens is 1. The smallest absolute Gasteiger partial charge is 0.340 e. The van der Waals surface area contributed by atoms with Crippen LogP contribution in [0, 0.1) is 5.82 Å². The predicted octanol–water partition coefficient (Wildman–Crippen LogP) is 6.97. The molecule has 0 radical (unpaired) electrons. The monoisotopic (exact) mass is 599 g/mol. The van der Waals surface area contributed by atoms with Crippen molar-refractivity contribution in [2.45, 2.75) is 65.0 Å². The topological polar surface area (TPSA) is 68.7 Å². The summed E-state index contributed by atoms with van der Waals surface area (Å²) in [7, 11) is -1.51. The van der Waals surface area contributed by atoms with Gasteiger partial charge in [-0.15, -0.1) is 0 Å². The molecule has 0 saturated carbocycles. The first-order valence-corrected chi connectivity index (χ1v) is 16.6. The number of carbonyl (C=O) groups excluding carboxylic acids is 1. The second kappa shape index (κ2) is 13.3. The lowest BCUT2D eigenvalue weighted by Crippen LogP contribution is -2.66. The highest BCUT2D eigenvalue weighted by Crippen LogP contribution is 2.40. The van der Waals surface area contributed by atoms with Crippen molar-refractivity contribution in [1.82, 2.24) is 4.98 Å². The van der Waals surface area contributed by atoms with Crippen molar-refractivity contribution in [2.75, 3.05) is 13.7 Å². The number of aromatic nitrogens is 1. The molecule has 1 heterocycles. The van der Waals surface area contributed by atoms with Crippen molar-refractivity contribution < 1.29 is 23.5 Å². The Kier molecular flexibility index (Phi) is 10.0. The Morgan fingerprint density at radius 2 is 1.42 bits per heavy atom. The quantitative estimate of drug-likeness (QED) is 0.158. The van der Waals surface area contributed by atoms with Crippen LogP contribution < -0.4 is 10.4 Å². The number of aliphatic hydroxyl groups excluding tert-OH is 1. The second-order valence-electron chi connectivity index (χ2n) is 12.3. The van der Waals surface area contributed by atoms with E-state index in [0.717, 1.165) is 0 Å². The number of benzene rings is 3. The van der Waals surface area contributed by atoms with Gasteiger partial charge in [0.2, 0.25) is 0 Å². The van der Waals surface area contributed by atoms with Crippen LogP contribution in [0.15, 0.2) is 84.9 Å². The number of rotatable bonds is 10. The molecule has 1 aromatic heterocycles. The third-order valence-corrected chi connectivity index (χ3v) is 13.0. The van der Waals surface area contributed by atoms with Crippen molar-refractivity contribution in [3.63, 3.8) is 0 Å². The molecule has 0 amide bonds. The number of nitrogens with zero attached hydrogens (tertiary/aromatic N) is 1. The summed E-state index contributed by atoms with van der Waals surface area (Å²) in [6.07, 6.45) is 0. The molecule has 43 heavy (non-hydrogen) atoms. The van der Waals surface area contributed by atoms with Gasteiger partial charge < -0.3 is 14.3 Å². The summed E-state index contributed by atoms with van der Waals surface area (Å²) in [5, 5.41) is 12.9. The van der Waals surface area contributed by atoms with Gasteiger partial charge in [-0.2, -0.15) is 0 Å². The molecular formula is C36H42FNO4Si. The standard InChI is InChI=1S/C36H42FNO4Si/c1-24(2)33-32(35(40)41-7)31(26-18-20-27(37)21-19-26)30(22-39)34(38-33)25(3)23-42-43(36(4,5)6,28-14-10-8-11-15-28)29-16-12-9-13-17-29/h8-21,24-25,39H,22-23H2,1-7H3. The van der Waals surface area contributed by atoms with Crippen LogP contribution in [-0.4, -0.2) is 38.1 Å². The van der Waals surface area contributed by atoms with Crippen LogP contribution >= 0.6 is 0 Å². The molecule has 4 rings (SSSR count). The normalized spacial score (nSPS) is 12.8. The summed E-state index contributed by atoms with van der Waals surface area (Å²) in [5.41, 5.74) is 3.13. The molecule has 0 saturated heterocycles. The molecule has 4 aromatic rings. The highest BCUT2D eigenvalue weighted by Gasteiger charge is 2.50. The molecular weight excluding hydrogens is 557 g/mol. The lowest BCUT2D eigenvalue weighted by molar-refractivity contribution is 0.0599. The maximum atomic E-state index is 13.9. The zero-order chi connectivity index (χ0) is 31.4. The van der Waals surface area contributed by atoms with Gasteiger partial charge in [0.1, 0.15) is 5.82 Å². The van der Waals surface area contributed by atoms with E-state index in [0.29, 0.717) is 34.7 Å². The number of carbonyl (C=O) groups is 1. The highest BCUT2D eigenvalue weighted by molar-refractivity contribution is 6.99. The molecule has 226 valence electrons. The summed E-state index contributed by atoms with van der Waals surface area (Å²) >= 11 is 0. The van der Waals surface area contributed by atoms with Crippen LogP contribution in [0.1, 0.15) is 80.7 Å². The van der Waals surface area contributed by atoms with Gasteiger partial charge in [-0.1, -0.05) is 114 Å². The van der Waals surface area contributed by atoms with Gasteiger partial charge in [0.15, 0.2) is 0 Å². The number of hydrogen-bond donors (Lipinski definition) is 1. The molecule has 3 aromatic carbocycles. The first kappa shape index (κ1) is 32.3. The summed E-state index contributed by atoms with van der Waals surface area (Å²) < 4.78 is 26.4. The maximum absolute atomic E-state index is 13.9. The lowest BCUT2D eigenvalue weighted by atomic mass is 9.87. The molecule has 0 fully saturated rings. The largest absolute Gasteiger partial charge is 0.465 e. The Balaban J connectivity index is 1.91. The van der Waals surface area contributed by atoms with Gasteiger partial charge >= 0.3 is 5.97 Å². The average molecular weight is 600 g/mol. The minimum absolute atomic E-state index is 0.121. The van der Waals surface area contributed by atoms with Gasteiger partial charge in [-0.3, -0.25) is 4.98 Å². The van der Waals surface area contributed by atoms with Crippen LogP contribution in [0.25, 0.3) is 11.1 Å². The summed E-state index contributed by atoms with van der Waals surface area (Å²) in [5.74, 6) is -1.30. The van der Waals surface area contributed by atoms with E-state index in [2.05, 4.69) is 69.3 Å². The molecule has 0 bridgehead atoms. The van der Waals surface area contributed by atoms with Gasteiger partial charge in [0.25, 0.3) is 8.32 Å². The van der Waals surface area contributed by atoms with E-state index in [-0.39, 0.29) is 34.9 Å². The van der Waals surface area contributed by atoms with E-state index in [9.17, 15) is 14.3 Å². The lowest BCUT2D eigenvalue weighted by Gasteiger charge is -2.43. The molecule has 1 N–H and O–H groups in total. The number of hydrogen-bond acceptors (Lipinski definition) is 5. The second-order valence-corrected chi connectivity index (χ2v) is 16.6. The van der Waals surface area contributed by atoms with Crippen molar-refractivity contribution >= 4 is 24.7 Å². The molecule has 1 unspecified atom stereocenters. The Labute approximate surface area is 255 Å². The molecule has 5 nitrogen and oxygen atoms in total. The van der Waals surface area contributed by atoms with Crippen LogP contribution in [0.3, 0.4) is 0 Å². The Hall–Kier alpha value is -3.65. The fourth-order valence-corrected chi connectivity index (χ4v) is 10.6. The zero-order valence-corrected chi connectivity index (χ0v) is 27.1. The molecule has 0 spiro atoms. The first-order chi connectivity index (χ1) is 20.5. The minimum Gasteiger partial charge on any atom is -0.465 e. The molecule has 7 heteroatoms. The zero-order valence-electron chi connectivity index (χ0n) is 26.1. The Bertz CT molecular complexity index is 1490. The van der Waals surface area contributed by atoms with Crippen molar-refractivity contribution in [1.29, 1.82) is 0 Å². The number of esters is 1. The van der Waals surface area contributed by atoms with Crippen LogP contribution in [0.2, 0.25) is 5.04 Å². The average Bonchev–Trinajstić information content (AvgIpc) is 3.00. The third kappa shape index (κ3) is 6.35. The van der Waals surface area contributed by atoms with Crippen molar-refractivity contribution in [3.05, 3.63) is 113 Å². The van der Waals surface area contributed by atoms with Crippen LogP contribution in [0.5, 0.6) is 0 Å². The number of pyridine rings is 1. The number of methoxy groups -OCH3 is 1. The predicted molar refractivity (Wildman–Crippen MR) is 173 cm³/mol. The summed E-state index contributed by atoms with van der Waals surface area (Å²) in [6.45, 7) is 12.6. The van der Waals surface area contributed by atoms with E-state index in [4.69, 9.17) is 14.1 Å². The fraction of sp³-hybridized carbons (Fsp3) is 0.333. The summed E-state index contributed by atoms with van der Waals surface area (Å²) in [6, 6.07) is 26.8. The SMILES string of the molecule is COC(=O)c1c(C(C)C)nc(C(C)CO[Si](c2ccccc2)(c2ccccc2)C(C)(C)C)c(CO)c1-c1ccc(F)cc1. The minimum atomic E-state index is -2.83. The third-order valence-electron chi connectivity index (χ3n) is 8.02. The first-order valence-electron chi connectivity index (χ1n) is 14.7. The number of ether oxygens (including phenoxy) is 1. The van der Waals surface area contributed by atoms with E-state index in [1.165, 1.54) is 29.6 Å². The van der Waals surface area contributed by atoms with E-state index in [1.807, 2.05) is 32.9 Å². The molecule has 0 aliphatic rings. The summed E-state index contributed by atoms with van der Waals surface area (Å²) in [4.78, 5) is 18.2. The molecule has 1 atom stereocenters. The highest BCUT2D eigenvalue weighted by atomic mass is 28.4. The van der Waals surface area contributed by atoms with E-state index in [1.54, 1.807) is 12.1 Å². The fourth-order valence-electron chi connectivity index (χ4n) is 5.98. The number of aliphatic hydroxyl groups is 1. The van der Waals surface area contributed by atoms with Crippen molar-refractivity contribution in [2.24, 2.45) is 0 Å². The van der Waals surface area contributed by atoms with Gasteiger partial charge in [0, 0.05) is 23.7 Å². The van der Waals surface area contributed by atoms with Crippen LogP contribution in [-0.2, 0) is 15.8 Å².